The van der Waals surface area contributed by atoms with Gasteiger partial charge in [-0.1, -0.05) is 76.8 Å². The molecular weight excluding hydrogens is 872 g/mol. The van der Waals surface area contributed by atoms with Crippen LogP contribution in [0.15, 0.2) is 76.2 Å². The van der Waals surface area contributed by atoms with Crippen molar-refractivity contribution in [2.75, 3.05) is 6.54 Å². The molecule has 4 aliphatic rings. The molecule has 3 saturated carbocycles. The van der Waals surface area contributed by atoms with Gasteiger partial charge in [0.05, 0.1) is 34.7 Å². The fraction of sp³-hybridized carbons (Fsp3) is 0.512. The highest BCUT2D eigenvalue weighted by molar-refractivity contribution is 7.91. The number of carbonyl (C=O) groups is 3. The van der Waals surface area contributed by atoms with Gasteiger partial charge in [0.2, 0.25) is 17.7 Å². The molecule has 1 unspecified atom stereocenters. The van der Waals surface area contributed by atoms with Crippen molar-refractivity contribution in [2.45, 2.75) is 125 Å². The number of amides is 3. The minimum absolute atomic E-state index is 0.0327. The molecule has 0 radical (unpaired) electrons. The molecule has 4 heterocycles. The van der Waals surface area contributed by atoms with Gasteiger partial charge in [0.25, 0.3) is 15.9 Å². The molecule has 3 aliphatic carbocycles. The Kier molecular flexibility index (Phi) is 12.8. The van der Waals surface area contributed by atoms with Crippen LogP contribution in [0.5, 0.6) is 5.88 Å². The molecule has 3 N–H and O–H groups in total. The lowest BCUT2D eigenvalue weighted by Crippen LogP contribution is -2.59. The van der Waals surface area contributed by atoms with Crippen LogP contribution in [0.25, 0.3) is 21.6 Å². The van der Waals surface area contributed by atoms with Crippen LogP contribution in [-0.2, 0) is 38.0 Å². The minimum Gasteiger partial charge on any atom is -0.471 e. The summed E-state index contributed by atoms with van der Waals surface area (Å²) in [6.45, 7) is 9.00. The number of sulfonamides is 1. The van der Waals surface area contributed by atoms with Crippen molar-refractivity contribution in [3.05, 3.63) is 71.9 Å². The maximum Gasteiger partial charge on any atom is 0.435 e. The van der Waals surface area contributed by atoms with E-state index < -0.39 is 70.6 Å². The SMILES string of the molecule is C=CC1C[C@]1(NC(=O)[C@@H]1C[C@@H](Oc2nc3ccccc3nc2-c2cccs2)CN1C(=O)[C@@H](NS(=O)(=O)c1cccs1)C(C)(C)C)C(=O)NP(=O)(OC1CCCC1)OC1CCCC1. The van der Waals surface area contributed by atoms with Crippen LogP contribution in [0, 0.1) is 11.3 Å². The van der Waals surface area contributed by atoms with Crippen LogP contribution in [0.1, 0.15) is 85.0 Å². The first kappa shape index (κ1) is 44.6. The number of carbonyl (C=O) groups excluding carboxylic acids is 3. The van der Waals surface area contributed by atoms with Crippen molar-refractivity contribution in [3.8, 4) is 16.5 Å². The maximum atomic E-state index is 14.9. The Labute approximate surface area is 370 Å². The van der Waals surface area contributed by atoms with Crippen molar-refractivity contribution in [2.24, 2.45) is 11.3 Å². The molecule has 332 valence electrons. The Bertz CT molecular complexity index is 2430. The van der Waals surface area contributed by atoms with Gasteiger partial charge in [-0.25, -0.2) is 23.0 Å². The third-order valence-corrected chi connectivity index (χ3v) is 17.4. The van der Waals surface area contributed by atoms with Gasteiger partial charge in [-0.2, -0.15) is 4.72 Å². The second-order valence-electron chi connectivity index (χ2n) is 17.6. The zero-order chi connectivity index (χ0) is 43.9. The van der Waals surface area contributed by atoms with E-state index in [4.69, 9.17) is 23.8 Å². The number of nitrogens with zero attached hydrogens (tertiary/aromatic N) is 3. The molecule has 19 heteroatoms. The summed E-state index contributed by atoms with van der Waals surface area (Å²) in [5.41, 5.74) is -0.788. The molecule has 3 amide bonds. The summed E-state index contributed by atoms with van der Waals surface area (Å²) < 4.78 is 63.1. The number of fused-ring (bicyclic) bond motifs is 1. The lowest BCUT2D eigenvalue weighted by Gasteiger charge is -2.35. The first-order chi connectivity index (χ1) is 29.6. The van der Waals surface area contributed by atoms with E-state index in [1.54, 1.807) is 38.3 Å². The molecule has 3 aromatic heterocycles. The second kappa shape index (κ2) is 17.9. The predicted octanol–water partition coefficient (Wildman–Crippen LogP) is 7.36. The largest absolute Gasteiger partial charge is 0.471 e. The van der Waals surface area contributed by atoms with E-state index in [1.807, 2.05) is 41.8 Å². The van der Waals surface area contributed by atoms with E-state index in [1.165, 1.54) is 22.3 Å². The maximum absolute atomic E-state index is 14.9. The van der Waals surface area contributed by atoms with E-state index in [0.29, 0.717) is 42.4 Å². The molecule has 15 nitrogen and oxygen atoms in total. The quantitative estimate of drug-likeness (QED) is 0.0751. The van der Waals surface area contributed by atoms with Gasteiger partial charge >= 0.3 is 7.75 Å². The van der Waals surface area contributed by atoms with Crippen molar-refractivity contribution >= 4 is 69.2 Å². The van der Waals surface area contributed by atoms with Crippen molar-refractivity contribution in [1.29, 1.82) is 0 Å². The van der Waals surface area contributed by atoms with Gasteiger partial charge in [-0.05, 0) is 72.5 Å². The Morgan fingerprint density at radius 2 is 1.55 bits per heavy atom. The normalized spacial score (nSPS) is 24.0. The summed E-state index contributed by atoms with van der Waals surface area (Å²) in [5, 5.41) is 9.09. The van der Waals surface area contributed by atoms with Gasteiger partial charge in [-0.3, -0.25) is 28.5 Å². The fourth-order valence-electron chi connectivity index (χ4n) is 8.58. The van der Waals surface area contributed by atoms with Crippen LogP contribution < -0.4 is 19.9 Å². The highest BCUT2D eigenvalue weighted by Crippen LogP contribution is 2.53. The Hall–Kier alpha value is -4.03. The number of likely N-dealkylation sites (tertiary alicyclic amines) is 1. The number of ether oxygens (including phenoxy) is 1. The zero-order valence-corrected chi connectivity index (χ0v) is 38.3. The third kappa shape index (κ3) is 9.57. The summed E-state index contributed by atoms with van der Waals surface area (Å²) in [6, 6.07) is 11.7. The van der Waals surface area contributed by atoms with Crippen LogP contribution in [0.2, 0.25) is 0 Å². The zero-order valence-electron chi connectivity index (χ0n) is 35.0. The summed E-state index contributed by atoms with van der Waals surface area (Å²) >= 11 is 2.48. The van der Waals surface area contributed by atoms with E-state index in [2.05, 4.69) is 21.7 Å². The van der Waals surface area contributed by atoms with Gasteiger partial charge in [0.1, 0.15) is 33.6 Å². The van der Waals surface area contributed by atoms with Gasteiger partial charge in [0.15, 0.2) is 0 Å². The number of benzene rings is 1. The van der Waals surface area contributed by atoms with E-state index in [0.717, 1.165) is 41.9 Å². The van der Waals surface area contributed by atoms with E-state index in [-0.39, 0.29) is 41.7 Å². The molecule has 62 heavy (non-hydrogen) atoms. The molecule has 1 aliphatic heterocycles. The Morgan fingerprint density at radius 3 is 2.11 bits per heavy atom. The van der Waals surface area contributed by atoms with Crippen LogP contribution >= 0.6 is 30.4 Å². The second-order valence-corrected chi connectivity index (χ2v) is 23.1. The Balaban J connectivity index is 1.10. The van der Waals surface area contributed by atoms with Crippen LogP contribution in [-0.4, -0.2) is 83.5 Å². The predicted molar refractivity (Wildman–Crippen MR) is 237 cm³/mol. The molecule has 1 saturated heterocycles. The summed E-state index contributed by atoms with van der Waals surface area (Å²) in [5.74, 6) is -2.39. The first-order valence-electron chi connectivity index (χ1n) is 21.2. The lowest BCUT2D eigenvalue weighted by atomic mass is 9.86. The topological polar surface area (TPSA) is 195 Å². The molecule has 4 fully saturated rings. The van der Waals surface area contributed by atoms with Crippen molar-refractivity contribution < 1.29 is 41.2 Å². The van der Waals surface area contributed by atoms with Gasteiger partial charge in [-0.15, -0.1) is 29.3 Å². The lowest BCUT2D eigenvalue weighted by molar-refractivity contribution is -0.142. The van der Waals surface area contributed by atoms with Gasteiger partial charge in [0, 0.05) is 12.3 Å². The summed E-state index contributed by atoms with van der Waals surface area (Å²) in [4.78, 5) is 55.9. The van der Waals surface area contributed by atoms with Gasteiger partial charge < -0.3 is 15.0 Å². The average Bonchev–Trinajstić information content (AvgIpc) is 4.01. The molecule has 0 spiro atoms. The highest BCUT2D eigenvalue weighted by atomic mass is 32.2. The molecule has 4 aromatic rings. The minimum atomic E-state index is -4.17. The number of para-hydroxylation sites is 2. The standard InChI is InChI=1S/C43H53N6O9PS3/c1-5-27-25-43(27,41(52)47-59(53,57-28-14-6-7-15-28)58-29-16-8-9-17-29)46-38(50)33-24-30(56-39-36(34-20-12-22-60-34)44-31-18-10-11-19-32(31)45-39)26-49(33)40(51)37(42(2,3)4)48-62(54,55)35-21-13-23-61-35/h5,10-13,18-23,27-30,33,37,48H,1,6-9,14-17,24-26H2,2-4H3,(H,46,50)(H,47,52,53)/t27?,30-,33+,37-,43-/m1/s1. The average molecular weight is 925 g/mol. The van der Waals surface area contributed by atoms with Crippen LogP contribution in [0.4, 0.5) is 0 Å². The van der Waals surface area contributed by atoms with Crippen molar-refractivity contribution in [3.63, 3.8) is 0 Å². The number of thiophene rings is 2. The number of hydrogen-bond donors (Lipinski definition) is 3. The molecule has 5 atom stereocenters. The number of hydrogen-bond acceptors (Lipinski definition) is 13. The number of rotatable bonds is 16. The summed E-state index contributed by atoms with van der Waals surface area (Å²) in [6.07, 6.45) is 6.63. The monoisotopic (exact) mass is 924 g/mol. The fourth-order valence-corrected chi connectivity index (χ4v) is 13.5. The van der Waals surface area contributed by atoms with Crippen molar-refractivity contribution in [1.82, 2.24) is 30.0 Å². The van der Waals surface area contributed by atoms with Crippen LogP contribution in [0.3, 0.4) is 0 Å². The molecule has 8 rings (SSSR count). The molecular formula is C43H53N6O9PS3. The van der Waals surface area contributed by atoms with E-state index in [9.17, 15) is 27.4 Å². The number of nitrogens with one attached hydrogen (secondary N) is 3. The third-order valence-electron chi connectivity index (χ3n) is 12.0. The molecule has 1 aromatic carbocycles. The smallest absolute Gasteiger partial charge is 0.435 e. The van der Waals surface area contributed by atoms with E-state index >= 15 is 0 Å². The summed E-state index contributed by atoms with van der Waals surface area (Å²) in [7, 11) is -8.32. The Morgan fingerprint density at radius 1 is 0.919 bits per heavy atom. The first-order valence-corrected chi connectivity index (χ1v) is 25.9. The molecule has 0 bridgehead atoms. The highest BCUT2D eigenvalue weighted by Gasteiger charge is 2.62. The number of aromatic nitrogens is 2.